The van der Waals surface area contributed by atoms with E-state index in [-0.39, 0.29) is 0 Å². The Hall–Kier alpha value is -0.610. The van der Waals surface area contributed by atoms with Crippen LogP contribution in [0.1, 0.15) is 6.42 Å². The lowest BCUT2D eigenvalue weighted by atomic mass is 10.3. The van der Waals surface area contributed by atoms with Crippen molar-refractivity contribution in [2.24, 2.45) is 0 Å². The lowest BCUT2D eigenvalue weighted by Gasteiger charge is -2.17. The number of nitrogens with zero attached hydrogens (tertiary/aromatic N) is 2. The topological polar surface area (TPSA) is 28.2 Å². The smallest absolute Gasteiger partial charge is 0.128 e. The van der Waals surface area contributed by atoms with Crippen LogP contribution in [0.15, 0.2) is 22.8 Å². The van der Waals surface area contributed by atoms with E-state index in [4.69, 9.17) is 0 Å². The van der Waals surface area contributed by atoms with Crippen LogP contribution in [0.25, 0.3) is 0 Å². The van der Waals surface area contributed by atoms with E-state index in [1.807, 2.05) is 25.4 Å². The minimum absolute atomic E-state index is 1.02. The van der Waals surface area contributed by atoms with Crippen LogP contribution in [0.3, 0.4) is 0 Å². The van der Waals surface area contributed by atoms with Gasteiger partial charge in [-0.15, -0.1) is 0 Å². The SMILES string of the molecule is CNCCCN(C)c1ccc(Br)cn1. The van der Waals surface area contributed by atoms with Gasteiger partial charge in [-0.25, -0.2) is 4.98 Å². The van der Waals surface area contributed by atoms with Crippen LogP contribution in [0.2, 0.25) is 0 Å². The highest BCUT2D eigenvalue weighted by atomic mass is 79.9. The lowest BCUT2D eigenvalue weighted by Crippen LogP contribution is -2.22. The van der Waals surface area contributed by atoms with Crippen molar-refractivity contribution < 1.29 is 0 Å². The number of anilines is 1. The van der Waals surface area contributed by atoms with Gasteiger partial charge >= 0.3 is 0 Å². The predicted octanol–water partition coefficient (Wildman–Crippen LogP) is 1.89. The van der Waals surface area contributed by atoms with Gasteiger partial charge in [0.25, 0.3) is 0 Å². The molecule has 0 aliphatic carbocycles. The van der Waals surface area contributed by atoms with Crippen LogP contribution in [0, 0.1) is 0 Å². The Morgan fingerprint density at radius 2 is 2.29 bits per heavy atom. The summed E-state index contributed by atoms with van der Waals surface area (Å²) in [5.41, 5.74) is 0. The number of pyridine rings is 1. The minimum Gasteiger partial charge on any atom is -0.360 e. The molecular formula is C10H16BrN3. The molecular weight excluding hydrogens is 242 g/mol. The molecule has 1 N–H and O–H groups in total. The Kier molecular flexibility index (Phi) is 4.90. The standard InChI is InChI=1S/C10H16BrN3/c1-12-6-3-7-14(2)10-5-4-9(11)8-13-10/h4-5,8,12H,3,6-7H2,1-2H3. The van der Waals surface area contributed by atoms with E-state index in [0.29, 0.717) is 0 Å². The summed E-state index contributed by atoms with van der Waals surface area (Å²) in [4.78, 5) is 6.47. The van der Waals surface area contributed by atoms with Crippen molar-refractivity contribution in [3.05, 3.63) is 22.8 Å². The van der Waals surface area contributed by atoms with Gasteiger partial charge < -0.3 is 10.2 Å². The molecule has 1 aromatic heterocycles. The molecule has 0 aliphatic heterocycles. The molecule has 0 aliphatic rings. The lowest BCUT2D eigenvalue weighted by molar-refractivity contribution is 0.709. The summed E-state index contributed by atoms with van der Waals surface area (Å²) in [7, 11) is 4.03. The fraction of sp³-hybridized carbons (Fsp3) is 0.500. The molecule has 1 heterocycles. The van der Waals surface area contributed by atoms with Crippen LogP contribution in [-0.4, -0.2) is 32.2 Å². The van der Waals surface area contributed by atoms with Crippen LogP contribution in [0.4, 0.5) is 5.82 Å². The number of hydrogen-bond acceptors (Lipinski definition) is 3. The number of rotatable bonds is 5. The summed E-state index contributed by atoms with van der Waals surface area (Å²) in [5, 5.41) is 3.13. The second-order valence-electron chi connectivity index (χ2n) is 3.21. The van der Waals surface area contributed by atoms with Crippen molar-refractivity contribution in [2.75, 3.05) is 32.1 Å². The summed E-state index contributed by atoms with van der Waals surface area (Å²) in [6, 6.07) is 4.03. The molecule has 1 aromatic rings. The van der Waals surface area contributed by atoms with Crippen molar-refractivity contribution in [3.63, 3.8) is 0 Å². The molecule has 78 valence electrons. The van der Waals surface area contributed by atoms with E-state index in [1.54, 1.807) is 0 Å². The second kappa shape index (κ2) is 5.98. The first-order valence-corrected chi connectivity index (χ1v) is 5.50. The third-order valence-corrected chi connectivity index (χ3v) is 2.49. The fourth-order valence-electron chi connectivity index (χ4n) is 1.20. The fourth-order valence-corrected chi connectivity index (χ4v) is 1.44. The molecule has 0 saturated carbocycles. The maximum atomic E-state index is 4.32. The highest BCUT2D eigenvalue weighted by Gasteiger charge is 2.00. The van der Waals surface area contributed by atoms with Crippen molar-refractivity contribution in [2.45, 2.75) is 6.42 Å². The predicted molar refractivity (Wildman–Crippen MR) is 63.8 cm³/mol. The molecule has 3 nitrogen and oxygen atoms in total. The molecule has 14 heavy (non-hydrogen) atoms. The molecule has 0 atom stereocenters. The average Bonchev–Trinajstić information content (AvgIpc) is 2.19. The number of hydrogen-bond donors (Lipinski definition) is 1. The average molecular weight is 258 g/mol. The molecule has 1 rings (SSSR count). The Labute approximate surface area is 93.7 Å². The van der Waals surface area contributed by atoms with E-state index in [9.17, 15) is 0 Å². The zero-order valence-corrected chi connectivity index (χ0v) is 10.2. The Balaban J connectivity index is 2.43. The van der Waals surface area contributed by atoms with Gasteiger partial charge in [0.2, 0.25) is 0 Å². The van der Waals surface area contributed by atoms with Crippen molar-refractivity contribution in [3.8, 4) is 0 Å². The molecule has 0 aromatic carbocycles. The molecule has 0 amide bonds. The molecule has 0 radical (unpaired) electrons. The summed E-state index contributed by atoms with van der Waals surface area (Å²) >= 11 is 3.37. The van der Waals surface area contributed by atoms with Gasteiger partial charge in [-0.05, 0) is 48.1 Å². The second-order valence-corrected chi connectivity index (χ2v) is 4.13. The maximum absolute atomic E-state index is 4.32. The third-order valence-electron chi connectivity index (χ3n) is 2.02. The maximum Gasteiger partial charge on any atom is 0.128 e. The first-order chi connectivity index (χ1) is 6.74. The quantitative estimate of drug-likeness (QED) is 0.817. The number of halogens is 1. The molecule has 0 spiro atoms. The zero-order chi connectivity index (χ0) is 10.4. The molecule has 0 unspecified atom stereocenters. The number of aromatic nitrogens is 1. The number of nitrogens with one attached hydrogen (secondary N) is 1. The van der Waals surface area contributed by atoms with Crippen LogP contribution in [-0.2, 0) is 0 Å². The van der Waals surface area contributed by atoms with E-state index in [1.165, 1.54) is 0 Å². The third kappa shape index (κ3) is 3.64. The van der Waals surface area contributed by atoms with E-state index >= 15 is 0 Å². The van der Waals surface area contributed by atoms with E-state index in [0.717, 1.165) is 29.8 Å². The minimum atomic E-state index is 1.02. The van der Waals surface area contributed by atoms with Crippen LogP contribution >= 0.6 is 15.9 Å². The van der Waals surface area contributed by atoms with Gasteiger partial charge in [0.1, 0.15) is 5.82 Å². The Morgan fingerprint density at radius 3 is 2.86 bits per heavy atom. The summed E-state index contributed by atoms with van der Waals surface area (Å²) in [6.07, 6.45) is 2.95. The highest BCUT2D eigenvalue weighted by Crippen LogP contribution is 2.13. The Bertz CT molecular complexity index is 261. The normalized spacial score (nSPS) is 10.2. The molecule has 4 heteroatoms. The molecule has 0 saturated heterocycles. The first kappa shape index (κ1) is 11.5. The first-order valence-electron chi connectivity index (χ1n) is 4.71. The van der Waals surface area contributed by atoms with Gasteiger partial charge in [0.05, 0.1) is 0 Å². The van der Waals surface area contributed by atoms with Crippen molar-refractivity contribution >= 4 is 21.7 Å². The van der Waals surface area contributed by atoms with Gasteiger partial charge in [-0.2, -0.15) is 0 Å². The van der Waals surface area contributed by atoms with Gasteiger partial charge in [0.15, 0.2) is 0 Å². The van der Waals surface area contributed by atoms with E-state index in [2.05, 4.69) is 38.2 Å². The van der Waals surface area contributed by atoms with Crippen molar-refractivity contribution in [1.82, 2.24) is 10.3 Å². The van der Waals surface area contributed by atoms with Crippen molar-refractivity contribution in [1.29, 1.82) is 0 Å². The summed E-state index contributed by atoms with van der Waals surface area (Å²) < 4.78 is 1.02. The highest BCUT2D eigenvalue weighted by molar-refractivity contribution is 9.10. The largest absolute Gasteiger partial charge is 0.360 e. The monoisotopic (exact) mass is 257 g/mol. The van der Waals surface area contributed by atoms with Gasteiger partial charge in [-0.3, -0.25) is 0 Å². The zero-order valence-electron chi connectivity index (χ0n) is 8.63. The summed E-state index contributed by atoms with van der Waals surface area (Å²) in [5.74, 6) is 1.02. The van der Waals surface area contributed by atoms with Gasteiger partial charge in [-0.1, -0.05) is 0 Å². The Morgan fingerprint density at radius 1 is 1.50 bits per heavy atom. The molecule has 0 fully saturated rings. The van der Waals surface area contributed by atoms with Crippen LogP contribution in [0.5, 0.6) is 0 Å². The van der Waals surface area contributed by atoms with Crippen LogP contribution < -0.4 is 10.2 Å². The van der Waals surface area contributed by atoms with E-state index < -0.39 is 0 Å². The van der Waals surface area contributed by atoms with Gasteiger partial charge in [0, 0.05) is 24.3 Å². The molecule has 0 bridgehead atoms. The summed E-state index contributed by atoms with van der Waals surface area (Å²) in [6.45, 7) is 2.07.